The largest absolute Gasteiger partial charge is 0.477 e. The fourth-order valence-electron chi connectivity index (χ4n) is 5.59. The van der Waals surface area contributed by atoms with Gasteiger partial charge in [-0.2, -0.15) is 0 Å². The van der Waals surface area contributed by atoms with Gasteiger partial charge in [-0.1, -0.05) is 158 Å². The molecule has 0 bridgehead atoms. The van der Waals surface area contributed by atoms with Crippen LogP contribution in [0.25, 0.3) is 0 Å². The summed E-state index contributed by atoms with van der Waals surface area (Å²) >= 11 is 0. The molecule has 2 atom stereocenters. The molecule has 0 aliphatic rings. The van der Waals surface area contributed by atoms with E-state index in [2.05, 4.69) is 38.2 Å². The van der Waals surface area contributed by atoms with E-state index in [0.717, 1.165) is 64.2 Å². The SMILES string of the molecule is CCC/C=C/C=C/C=C/C=C/C=C/CCCCCCCC(=O)OC(COCCC(C(=O)O)[N+](C)(C)C)COC(=O)CCCCCCCCCCCC. The van der Waals surface area contributed by atoms with Crippen molar-refractivity contribution in [2.24, 2.45) is 0 Å². The number of carboxylic acids is 1. The van der Waals surface area contributed by atoms with Gasteiger partial charge in [0.2, 0.25) is 0 Å². The van der Waals surface area contributed by atoms with Gasteiger partial charge in [0.15, 0.2) is 12.1 Å². The Kier molecular flexibility index (Phi) is 33.1. The molecular weight excluding hydrogens is 654 g/mol. The summed E-state index contributed by atoms with van der Waals surface area (Å²) in [5.41, 5.74) is 0. The van der Waals surface area contributed by atoms with E-state index in [1.807, 2.05) is 57.6 Å². The Bertz CT molecular complexity index is 1040. The van der Waals surface area contributed by atoms with E-state index in [-0.39, 0.29) is 36.2 Å². The van der Waals surface area contributed by atoms with Gasteiger partial charge in [0.1, 0.15) is 6.61 Å². The van der Waals surface area contributed by atoms with Gasteiger partial charge in [0.25, 0.3) is 0 Å². The van der Waals surface area contributed by atoms with Crippen molar-refractivity contribution < 1.29 is 38.2 Å². The van der Waals surface area contributed by atoms with Gasteiger partial charge < -0.3 is 23.8 Å². The number of hydrogen-bond acceptors (Lipinski definition) is 6. The first-order valence-electron chi connectivity index (χ1n) is 20.4. The fourth-order valence-corrected chi connectivity index (χ4v) is 5.59. The number of allylic oxidation sites excluding steroid dienone is 10. The summed E-state index contributed by atoms with van der Waals surface area (Å²) in [7, 11) is 5.50. The molecule has 1 N–H and O–H groups in total. The third-order valence-corrected chi connectivity index (χ3v) is 8.78. The van der Waals surface area contributed by atoms with Crippen LogP contribution in [0.3, 0.4) is 0 Å². The molecular formula is C44H76NO7+. The highest BCUT2D eigenvalue weighted by atomic mass is 16.6. The summed E-state index contributed by atoms with van der Waals surface area (Å²) in [6.07, 6.45) is 41.1. The molecule has 0 fully saturated rings. The minimum atomic E-state index is -0.882. The van der Waals surface area contributed by atoms with Crippen LogP contribution in [-0.2, 0) is 28.6 Å². The normalized spacial score (nSPS) is 13.6. The third-order valence-electron chi connectivity index (χ3n) is 8.78. The van der Waals surface area contributed by atoms with E-state index in [4.69, 9.17) is 14.2 Å². The first kappa shape index (κ1) is 49.0. The summed E-state index contributed by atoms with van der Waals surface area (Å²) in [4.78, 5) is 36.8. The minimum absolute atomic E-state index is 0.0491. The average molecular weight is 731 g/mol. The Morgan fingerprint density at radius 1 is 0.577 bits per heavy atom. The number of unbranched alkanes of at least 4 members (excludes halogenated alkanes) is 15. The van der Waals surface area contributed by atoms with Crippen molar-refractivity contribution in [1.29, 1.82) is 0 Å². The highest BCUT2D eigenvalue weighted by Crippen LogP contribution is 2.13. The van der Waals surface area contributed by atoms with Crippen molar-refractivity contribution in [3.63, 3.8) is 0 Å². The molecule has 0 spiro atoms. The number of ether oxygens (including phenoxy) is 3. The first-order chi connectivity index (χ1) is 25.1. The molecule has 8 heteroatoms. The summed E-state index contributed by atoms with van der Waals surface area (Å²) < 4.78 is 17.2. The average Bonchev–Trinajstić information content (AvgIpc) is 3.09. The first-order valence-corrected chi connectivity index (χ1v) is 20.4. The number of carbonyl (C=O) groups is 3. The molecule has 0 saturated carbocycles. The smallest absolute Gasteiger partial charge is 0.362 e. The van der Waals surface area contributed by atoms with Gasteiger partial charge in [-0.05, 0) is 32.1 Å². The van der Waals surface area contributed by atoms with Crippen molar-refractivity contribution in [3.05, 3.63) is 60.8 Å². The molecule has 0 radical (unpaired) electrons. The lowest BCUT2D eigenvalue weighted by molar-refractivity contribution is -0.887. The lowest BCUT2D eigenvalue weighted by Crippen LogP contribution is -2.50. The second-order valence-electron chi connectivity index (χ2n) is 14.7. The third kappa shape index (κ3) is 32.9. The van der Waals surface area contributed by atoms with Gasteiger partial charge in [0.05, 0.1) is 34.4 Å². The standard InChI is InChI=1S/C44H75NO7/c1-6-8-10-12-14-16-18-19-20-21-22-23-24-25-27-29-31-33-35-43(47)52-40(38-50-37-36-41(44(48)49)45(3,4)5)39-51-42(46)34-32-30-28-26-17-15-13-11-9-7-2/h10,12,14,16,18-23,40-41H,6-9,11,13,15,17,24-39H2,1-5H3/p+1/b12-10+,16-14+,19-18+,21-20+,23-22+. The topological polar surface area (TPSA) is 99.1 Å². The van der Waals surface area contributed by atoms with Gasteiger partial charge in [-0.3, -0.25) is 9.59 Å². The Hall–Kier alpha value is -2.97. The molecule has 0 aromatic rings. The number of carbonyl (C=O) groups excluding carboxylic acids is 2. The zero-order valence-corrected chi connectivity index (χ0v) is 33.7. The van der Waals surface area contributed by atoms with Crippen LogP contribution in [0.5, 0.6) is 0 Å². The van der Waals surface area contributed by atoms with Gasteiger partial charge in [-0.15, -0.1) is 0 Å². The van der Waals surface area contributed by atoms with Crippen molar-refractivity contribution in [2.75, 3.05) is 41.0 Å². The molecule has 0 amide bonds. The monoisotopic (exact) mass is 731 g/mol. The fraction of sp³-hybridized carbons (Fsp3) is 0.705. The Morgan fingerprint density at radius 2 is 1.06 bits per heavy atom. The van der Waals surface area contributed by atoms with E-state index in [9.17, 15) is 19.5 Å². The molecule has 0 aromatic carbocycles. The maximum absolute atomic E-state index is 12.7. The van der Waals surface area contributed by atoms with E-state index in [0.29, 0.717) is 19.3 Å². The highest BCUT2D eigenvalue weighted by Gasteiger charge is 2.31. The van der Waals surface area contributed by atoms with E-state index in [1.54, 1.807) is 0 Å². The quantitative estimate of drug-likeness (QED) is 0.0300. The highest BCUT2D eigenvalue weighted by molar-refractivity contribution is 5.72. The summed E-state index contributed by atoms with van der Waals surface area (Å²) in [6, 6.07) is -0.620. The molecule has 0 aromatic heterocycles. The predicted molar refractivity (Wildman–Crippen MR) is 215 cm³/mol. The van der Waals surface area contributed by atoms with E-state index < -0.39 is 18.1 Å². The lowest BCUT2D eigenvalue weighted by Gasteiger charge is -2.31. The lowest BCUT2D eigenvalue weighted by atomic mass is 10.1. The van der Waals surface area contributed by atoms with Crippen LogP contribution in [-0.4, -0.2) is 80.6 Å². The molecule has 0 aliphatic carbocycles. The number of quaternary nitrogens is 1. The number of carboxylic acid groups (broad SMARTS) is 1. The number of likely N-dealkylation sites (N-methyl/N-ethyl adjacent to an activating group) is 1. The van der Waals surface area contributed by atoms with Crippen molar-refractivity contribution >= 4 is 17.9 Å². The van der Waals surface area contributed by atoms with Crippen LogP contribution in [0.1, 0.15) is 149 Å². The minimum Gasteiger partial charge on any atom is -0.477 e. The van der Waals surface area contributed by atoms with Gasteiger partial charge in [-0.25, -0.2) is 4.79 Å². The Balaban J connectivity index is 4.45. The predicted octanol–water partition coefficient (Wildman–Crippen LogP) is 10.6. The molecule has 52 heavy (non-hydrogen) atoms. The maximum atomic E-state index is 12.7. The van der Waals surface area contributed by atoms with E-state index in [1.165, 1.54) is 51.4 Å². The van der Waals surface area contributed by atoms with Crippen LogP contribution in [0.4, 0.5) is 0 Å². The second-order valence-corrected chi connectivity index (χ2v) is 14.7. The van der Waals surface area contributed by atoms with Crippen molar-refractivity contribution in [2.45, 2.75) is 161 Å². The zero-order valence-electron chi connectivity index (χ0n) is 33.7. The van der Waals surface area contributed by atoms with Gasteiger partial charge >= 0.3 is 17.9 Å². The van der Waals surface area contributed by atoms with Crippen LogP contribution in [0.2, 0.25) is 0 Å². The van der Waals surface area contributed by atoms with Crippen LogP contribution >= 0.6 is 0 Å². The second kappa shape index (κ2) is 35.1. The summed E-state index contributed by atoms with van der Waals surface area (Å²) in [6.45, 7) is 4.59. The van der Waals surface area contributed by atoms with Crippen LogP contribution in [0, 0.1) is 0 Å². The van der Waals surface area contributed by atoms with Gasteiger partial charge in [0, 0.05) is 19.3 Å². The molecule has 0 heterocycles. The molecule has 0 aliphatic heterocycles. The number of hydrogen-bond donors (Lipinski definition) is 1. The molecule has 0 saturated heterocycles. The molecule has 2 unspecified atom stereocenters. The van der Waals surface area contributed by atoms with Crippen molar-refractivity contribution in [1.82, 2.24) is 0 Å². The number of esters is 2. The van der Waals surface area contributed by atoms with Crippen molar-refractivity contribution in [3.8, 4) is 0 Å². The number of aliphatic carboxylic acids is 1. The Morgan fingerprint density at radius 3 is 1.58 bits per heavy atom. The maximum Gasteiger partial charge on any atom is 0.362 e. The Labute approximate surface area is 318 Å². The van der Waals surface area contributed by atoms with Crippen LogP contribution in [0.15, 0.2) is 60.8 Å². The van der Waals surface area contributed by atoms with E-state index >= 15 is 0 Å². The number of rotatable bonds is 35. The summed E-state index contributed by atoms with van der Waals surface area (Å²) in [5.74, 6) is -1.51. The summed E-state index contributed by atoms with van der Waals surface area (Å²) in [5, 5.41) is 9.59. The zero-order chi connectivity index (χ0) is 38.5. The number of nitrogens with zero attached hydrogens (tertiary/aromatic N) is 1. The molecule has 0 rings (SSSR count). The molecule has 298 valence electrons. The van der Waals surface area contributed by atoms with Crippen LogP contribution < -0.4 is 0 Å². The molecule has 8 nitrogen and oxygen atoms in total.